The highest BCUT2D eigenvalue weighted by Gasteiger charge is 2.41. The SMILES string of the molecule is Cc1cccc(C(O)(C(=O)NN(C(=O)C=CC(=O)[O-])c2ccccc2)c2cccc(C)c2)c1. The molecular formula is C26H23N2O5-. The summed E-state index contributed by atoms with van der Waals surface area (Å²) in [6.07, 6.45) is 1.33. The molecule has 0 heterocycles. The van der Waals surface area contributed by atoms with E-state index in [-0.39, 0.29) is 5.69 Å². The summed E-state index contributed by atoms with van der Waals surface area (Å²) in [6, 6.07) is 21.9. The van der Waals surface area contributed by atoms with Crippen molar-refractivity contribution >= 4 is 23.5 Å². The number of amides is 2. The molecule has 0 aliphatic rings. The summed E-state index contributed by atoms with van der Waals surface area (Å²) in [5.74, 6) is -3.29. The van der Waals surface area contributed by atoms with Gasteiger partial charge in [-0.05, 0) is 43.2 Å². The van der Waals surface area contributed by atoms with Crippen molar-refractivity contribution in [2.45, 2.75) is 19.4 Å². The summed E-state index contributed by atoms with van der Waals surface area (Å²) >= 11 is 0. The Morgan fingerprint density at radius 3 is 1.88 bits per heavy atom. The molecule has 0 fully saturated rings. The largest absolute Gasteiger partial charge is 0.545 e. The number of aliphatic carboxylic acids is 1. The Kier molecular flexibility index (Phi) is 7.05. The number of carbonyl (C=O) groups is 3. The third-order valence-corrected chi connectivity index (χ3v) is 5.01. The summed E-state index contributed by atoms with van der Waals surface area (Å²) in [5, 5.41) is 23.5. The molecule has 2 N–H and O–H groups in total. The molecule has 168 valence electrons. The zero-order chi connectivity index (χ0) is 24.0. The smallest absolute Gasteiger partial charge is 0.280 e. The fourth-order valence-electron chi connectivity index (χ4n) is 3.39. The third-order valence-electron chi connectivity index (χ3n) is 5.01. The van der Waals surface area contributed by atoms with Crippen LogP contribution in [-0.4, -0.2) is 22.9 Å². The molecule has 0 atom stereocenters. The van der Waals surface area contributed by atoms with Crippen LogP contribution >= 0.6 is 0 Å². The molecular weight excluding hydrogens is 420 g/mol. The molecule has 3 aromatic rings. The highest BCUT2D eigenvalue weighted by molar-refractivity contribution is 6.06. The maximum Gasteiger partial charge on any atom is 0.280 e. The van der Waals surface area contributed by atoms with Gasteiger partial charge in [0.2, 0.25) is 0 Å². The number of hydrazine groups is 1. The maximum absolute atomic E-state index is 13.6. The van der Waals surface area contributed by atoms with E-state index in [1.165, 1.54) is 0 Å². The number of carboxylic acid groups (broad SMARTS) is 1. The number of rotatable bonds is 6. The Morgan fingerprint density at radius 1 is 0.848 bits per heavy atom. The van der Waals surface area contributed by atoms with Crippen LogP contribution in [0.1, 0.15) is 22.3 Å². The number of carboxylic acids is 1. The molecule has 7 heteroatoms. The van der Waals surface area contributed by atoms with Gasteiger partial charge in [-0.1, -0.05) is 77.9 Å². The molecule has 3 rings (SSSR count). The lowest BCUT2D eigenvalue weighted by molar-refractivity contribution is -0.297. The molecule has 3 aromatic carbocycles. The minimum Gasteiger partial charge on any atom is -0.545 e. The lowest BCUT2D eigenvalue weighted by Crippen LogP contribution is -2.54. The second-order valence-electron chi connectivity index (χ2n) is 7.55. The number of anilines is 1. The van der Waals surface area contributed by atoms with Crippen LogP contribution in [0.15, 0.2) is 91.0 Å². The second-order valence-corrected chi connectivity index (χ2v) is 7.55. The molecule has 0 spiro atoms. The molecule has 0 aliphatic heterocycles. The summed E-state index contributed by atoms with van der Waals surface area (Å²) in [4.78, 5) is 37.1. The maximum atomic E-state index is 13.6. The van der Waals surface area contributed by atoms with Crippen LogP contribution in [0.4, 0.5) is 5.69 Å². The Labute approximate surface area is 191 Å². The average molecular weight is 443 g/mol. The van der Waals surface area contributed by atoms with Crippen molar-refractivity contribution in [3.63, 3.8) is 0 Å². The third kappa shape index (κ3) is 5.34. The van der Waals surface area contributed by atoms with Crippen molar-refractivity contribution in [3.05, 3.63) is 113 Å². The quantitative estimate of drug-likeness (QED) is 0.447. The number of hydrogen-bond acceptors (Lipinski definition) is 5. The van der Waals surface area contributed by atoms with Crippen LogP contribution < -0.4 is 15.5 Å². The van der Waals surface area contributed by atoms with E-state index in [9.17, 15) is 24.6 Å². The normalized spacial score (nSPS) is 11.2. The number of para-hydroxylation sites is 1. The van der Waals surface area contributed by atoms with Gasteiger partial charge in [-0.3, -0.25) is 15.0 Å². The minimum atomic E-state index is -2.14. The number of hydrogen-bond donors (Lipinski definition) is 2. The van der Waals surface area contributed by atoms with Gasteiger partial charge in [-0.25, -0.2) is 5.01 Å². The van der Waals surface area contributed by atoms with Gasteiger partial charge in [0, 0.05) is 6.08 Å². The molecule has 0 aliphatic carbocycles. The Morgan fingerprint density at radius 2 is 1.39 bits per heavy atom. The average Bonchev–Trinajstić information content (AvgIpc) is 2.80. The van der Waals surface area contributed by atoms with Gasteiger partial charge < -0.3 is 15.0 Å². The first-order valence-corrected chi connectivity index (χ1v) is 10.2. The van der Waals surface area contributed by atoms with Gasteiger partial charge in [0.15, 0.2) is 5.60 Å². The van der Waals surface area contributed by atoms with E-state index in [1.807, 2.05) is 26.0 Å². The van der Waals surface area contributed by atoms with Crippen LogP contribution in [-0.2, 0) is 20.0 Å². The fourth-order valence-corrected chi connectivity index (χ4v) is 3.39. The first-order chi connectivity index (χ1) is 15.7. The predicted molar refractivity (Wildman–Crippen MR) is 122 cm³/mol. The van der Waals surface area contributed by atoms with Crippen LogP contribution in [0.2, 0.25) is 0 Å². The minimum absolute atomic E-state index is 0.273. The molecule has 2 amide bonds. The number of nitrogens with one attached hydrogen (secondary N) is 1. The highest BCUT2D eigenvalue weighted by Crippen LogP contribution is 2.31. The summed E-state index contributed by atoms with van der Waals surface area (Å²) in [6.45, 7) is 3.67. The number of aryl methyl sites for hydroxylation is 2. The fraction of sp³-hybridized carbons (Fsp3) is 0.115. The summed E-state index contributed by atoms with van der Waals surface area (Å²) < 4.78 is 0. The van der Waals surface area contributed by atoms with Crippen molar-refractivity contribution in [1.82, 2.24) is 5.43 Å². The van der Waals surface area contributed by atoms with Gasteiger partial charge in [-0.2, -0.15) is 0 Å². The Balaban J connectivity index is 2.09. The van der Waals surface area contributed by atoms with Gasteiger partial charge >= 0.3 is 0 Å². The molecule has 7 nitrogen and oxygen atoms in total. The summed E-state index contributed by atoms with van der Waals surface area (Å²) in [7, 11) is 0. The second kappa shape index (κ2) is 9.93. The molecule has 0 aromatic heterocycles. The van der Waals surface area contributed by atoms with Crippen LogP contribution in [0, 0.1) is 13.8 Å². The van der Waals surface area contributed by atoms with Crippen LogP contribution in [0.25, 0.3) is 0 Å². The Bertz CT molecular complexity index is 1160. The summed E-state index contributed by atoms with van der Waals surface area (Å²) in [5.41, 5.74) is 2.90. The highest BCUT2D eigenvalue weighted by atomic mass is 16.4. The predicted octanol–water partition coefficient (Wildman–Crippen LogP) is 1.91. The molecule has 0 saturated heterocycles. The molecule has 0 radical (unpaired) electrons. The van der Waals surface area contributed by atoms with E-state index < -0.39 is 23.4 Å². The van der Waals surface area contributed by atoms with E-state index in [4.69, 9.17) is 0 Å². The topological polar surface area (TPSA) is 110 Å². The monoisotopic (exact) mass is 443 g/mol. The number of carbonyl (C=O) groups excluding carboxylic acids is 3. The lowest BCUT2D eigenvalue weighted by Gasteiger charge is -2.32. The van der Waals surface area contributed by atoms with E-state index in [0.29, 0.717) is 17.2 Å². The number of nitrogens with zero attached hydrogens (tertiary/aromatic N) is 1. The van der Waals surface area contributed by atoms with Crippen molar-refractivity contribution in [1.29, 1.82) is 0 Å². The molecule has 33 heavy (non-hydrogen) atoms. The van der Waals surface area contributed by atoms with Crippen molar-refractivity contribution in [2.75, 3.05) is 5.01 Å². The van der Waals surface area contributed by atoms with Gasteiger partial charge in [-0.15, -0.1) is 0 Å². The lowest BCUT2D eigenvalue weighted by atomic mass is 9.84. The van der Waals surface area contributed by atoms with E-state index >= 15 is 0 Å². The Hall–Kier alpha value is -4.23. The van der Waals surface area contributed by atoms with E-state index in [0.717, 1.165) is 22.2 Å². The molecule has 0 bridgehead atoms. The van der Waals surface area contributed by atoms with E-state index in [2.05, 4.69) is 5.43 Å². The van der Waals surface area contributed by atoms with Gasteiger partial charge in [0.05, 0.1) is 11.7 Å². The van der Waals surface area contributed by atoms with Gasteiger partial charge in [0.1, 0.15) is 0 Å². The first-order valence-electron chi connectivity index (χ1n) is 10.2. The molecule has 0 saturated carbocycles. The standard InChI is InChI=1S/C26H24N2O5/c1-18-8-6-10-20(16-18)26(33,21-11-7-9-19(2)17-21)25(32)27-28(22-12-4-3-5-13-22)23(29)14-15-24(30)31/h3-17,33H,1-2H3,(H,27,32)(H,30,31)/p-1. The van der Waals surface area contributed by atoms with Crippen molar-refractivity contribution in [2.24, 2.45) is 0 Å². The number of aliphatic hydroxyl groups is 1. The van der Waals surface area contributed by atoms with Crippen molar-refractivity contribution < 1.29 is 24.6 Å². The zero-order valence-electron chi connectivity index (χ0n) is 18.2. The first kappa shape index (κ1) is 23.4. The van der Waals surface area contributed by atoms with Crippen LogP contribution in [0.3, 0.4) is 0 Å². The van der Waals surface area contributed by atoms with Crippen LogP contribution in [0.5, 0.6) is 0 Å². The van der Waals surface area contributed by atoms with Crippen molar-refractivity contribution in [3.8, 4) is 0 Å². The zero-order valence-corrected chi connectivity index (χ0v) is 18.2. The molecule has 0 unspecified atom stereocenters. The van der Waals surface area contributed by atoms with Gasteiger partial charge in [0.25, 0.3) is 11.8 Å². The van der Waals surface area contributed by atoms with E-state index in [1.54, 1.807) is 66.7 Å². The number of benzene rings is 3.